The summed E-state index contributed by atoms with van der Waals surface area (Å²) in [6, 6.07) is 5.27. The van der Waals surface area contributed by atoms with Gasteiger partial charge < -0.3 is 9.64 Å². The molecule has 0 spiro atoms. The maximum Gasteiger partial charge on any atom is 0.264 e. The van der Waals surface area contributed by atoms with Crippen LogP contribution in [0.1, 0.15) is 45.2 Å². The maximum atomic E-state index is 12.9. The number of aryl methyl sites for hydroxylation is 1. The lowest BCUT2D eigenvalue weighted by molar-refractivity contribution is -0.0277. The quantitative estimate of drug-likeness (QED) is 0.789. The van der Waals surface area contributed by atoms with Crippen molar-refractivity contribution in [3.8, 4) is 0 Å². The van der Waals surface area contributed by atoms with E-state index in [1.165, 1.54) is 0 Å². The number of alkyl halides is 2. The second-order valence-corrected chi connectivity index (χ2v) is 5.37. The fourth-order valence-corrected chi connectivity index (χ4v) is 2.30. The van der Waals surface area contributed by atoms with Crippen LogP contribution in [-0.4, -0.2) is 25.3 Å². The molecule has 1 aliphatic rings. The highest BCUT2D eigenvalue weighted by Gasteiger charge is 2.27. The first-order valence-electron chi connectivity index (χ1n) is 7.17. The second-order valence-electron chi connectivity index (χ2n) is 5.37. The predicted molar refractivity (Wildman–Crippen MR) is 79.7 cm³/mol. The van der Waals surface area contributed by atoms with Crippen LogP contribution in [0, 0.1) is 6.92 Å². The van der Waals surface area contributed by atoms with Gasteiger partial charge in [0.05, 0.1) is 12.2 Å². The number of nitrogens with zero attached hydrogens (tertiary/aromatic N) is 1. The highest BCUT2D eigenvalue weighted by molar-refractivity contribution is 5.52. The molecule has 1 aromatic carbocycles. The monoisotopic (exact) mass is 285 g/mol. The fourth-order valence-electron chi connectivity index (χ4n) is 2.30. The van der Waals surface area contributed by atoms with Crippen molar-refractivity contribution in [1.82, 2.24) is 0 Å². The number of anilines is 1. The molecule has 0 radical (unpaired) electrons. The highest BCUT2D eigenvalue weighted by atomic mass is 19.3. The lowest BCUT2D eigenvalue weighted by atomic mass is 10.0. The largest absolute Gasteiger partial charge is 0.372 e. The van der Waals surface area contributed by atoms with Crippen LogP contribution in [0.15, 0.2) is 18.2 Å². The Morgan fingerprint density at radius 2 is 1.90 bits per heavy atom. The summed E-state index contributed by atoms with van der Waals surface area (Å²) in [5.74, 6) is 0. The van der Waals surface area contributed by atoms with E-state index >= 15 is 0 Å². The summed E-state index contributed by atoms with van der Waals surface area (Å²) in [6.07, 6.45) is -2.42. The van der Waals surface area contributed by atoms with E-state index in [1.807, 2.05) is 33.8 Å². The van der Waals surface area contributed by atoms with Gasteiger partial charge in [-0.25, -0.2) is 8.78 Å². The molecule has 114 valence electrons. The summed E-state index contributed by atoms with van der Waals surface area (Å²) in [5, 5.41) is 0. The van der Waals surface area contributed by atoms with Crippen molar-refractivity contribution in [3.63, 3.8) is 0 Å². The summed E-state index contributed by atoms with van der Waals surface area (Å²) in [7, 11) is 0. The lowest BCUT2D eigenvalue weighted by Crippen LogP contribution is -2.48. The zero-order chi connectivity index (χ0) is 15.3. The number of morpholine rings is 1. The van der Waals surface area contributed by atoms with E-state index in [0.717, 1.165) is 18.8 Å². The van der Waals surface area contributed by atoms with Crippen molar-refractivity contribution in [1.29, 1.82) is 0 Å². The molecule has 1 aliphatic heterocycles. The first-order valence-corrected chi connectivity index (χ1v) is 7.17. The first kappa shape index (κ1) is 16.9. The molecule has 1 heterocycles. The van der Waals surface area contributed by atoms with Gasteiger partial charge in [0, 0.05) is 24.3 Å². The second kappa shape index (κ2) is 7.02. The van der Waals surface area contributed by atoms with Crippen molar-refractivity contribution < 1.29 is 13.5 Å². The standard InChI is InChI=1S/C14H19F2NO.C2H6/c1-10-4-5-11(8-12(10)13(15)16)17-6-7-18-14(2,3)9-17;1-2/h4-5,8,13H,6-7,9H2,1-3H3;1-2H3. The van der Waals surface area contributed by atoms with Crippen LogP contribution in [0.4, 0.5) is 14.5 Å². The van der Waals surface area contributed by atoms with Gasteiger partial charge in [0.1, 0.15) is 0 Å². The smallest absolute Gasteiger partial charge is 0.264 e. The molecule has 0 amide bonds. The molecule has 0 bridgehead atoms. The van der Waals surface area contributed by atoms with Crippen LogP contribution < -0.4 is 4.90 Å². The third kappa shape index (κ3) is 4.17. The Kier molecular flexibility index (Phi) is 5.93. The third-order valence-electron chi connectivity index (χ3n) is 3.29. The molecule has 0 unspecified atom stereocenters. The topological polar surface area (TPSA) is 12.5 Å². The van der Waals surface area contributed by atoms with E-state index in [0.29, 0.717) is 12.2 Å². The van der Waals surface area contributed by atoms with Gasteiger partial charge in [0.25, 0.3) is 6.43 Å². The Hall–Kier alpha value is -1.16. The molecular weight excluding hydrogens is 260 g/mol. The van der Waals surface area contributed by atoms with Crippen LogP contribution >= 0.6 is 0 Å². The van der Waals surface area contributed by atoms with Crippen LogP contribution in [0.2, 0.25) is 0 Å². The molecule has 0 N–H and O–H groups in total. The van der Waals surface area contributed by atoms with Gasteiger partial charge in [-0.15, -0.1) is 0 Å². The van der Waals surface area contributed by atoms with Crippen LogP contribution in [0.5, 0.6) is 0 Å². The van der Waals surface area contributed by atoms with Gasteiger partial charge in [-0.2, -0.15) is 0 Å². The van der Waals surface area contributed by atoms with Gasteiger partial charge in [-0.3, -0.25) is 0 Å². The molecule has 2 rings (SSSR count). The summed E-state index contributed by atoms with van der Waals surface area (Å²) in [5.41, 5.74) is 1.39. The van der Waals surface area contributed by atoms with Crippen LogP contribution in [0.3, 0.4) is 0 Å². The van der Waals surface area contributed by atoms with Crippen molar-refractivity contribution in [2.24, 2.45) is 0 Å². The molecule has 4 heteroatoms. The van der Waals surface area contributed by atoms with E-state index in [1.54, 1.807) is 19.1 Å². The minimum absolute atomic E-state index is 0.122. The Balaban J connectivity index is 0.000000956. The van der Waals surface area contributed by atoms with Crippen molar-refractivity contribution in [3.05, 3.63) is 29.3 Å². The SMILES string of the molecule is CC.Cc1ccc(N2CCOC(C)(C)C2)cc1C(F)F. The van der Waals surface area contributed by atoms with E-state index in [-0.39, 0.29) is 11.2 Å². The normalized spacial score (nSPS) is 17.7. The molecule has 0 atom stereocenters. The Morgan fingerprint density at radius 1 is 1.25 bits per heavy atom. The minimum Gasteiger partial charge on any atom is -0.372 e. The van der Waals surface area contributed by atoms with E-state index < -0.39 is 6.43 Å². The average Bonchev–Trinajstić information content (AvgIpc) is 2.40. The third-order valence-corrected chi connectivity index (χ3v) is 3.29. The molecule has 20 heavy (non-hydrogen) atoms. The summed E-state index contributed by atoms with van der Waals surface area (Å²) < 4.78 is 31.4. The zero-order valence-corrected chi connectivity index (χ0v) is 13.0. The van der Waals surface area contributed by atoms with E-state index in [4.69, 9.17) is 4.74 Å². The number of ether oxygens (including phenoxy) is 1. The van der Waals surface area contributed by atoms with Gasteiger partial charge in [-0.1, -0.05) is 19.9 Å². The molecule has 0 aromatic heterocycles. The van der Waals surface area contributed by atoms with E-state index in [2.05, 4.69) is 4.90 Å². The number of hydrogen-bond acceptors (Lipinski definition) is 2. The van der Waals surface area contributed by atoms with Crippen molar-refractivity contribution in [2.45, 2.75) is 46.6 Å². The van der Waals surface area contributed by atoms with E-state index in [9.17, 15) is 8.78 Å². The first-order chi connectivity index (χ1) is 9.39. The molecule has 1 fully saturated rings. The number of rotatable bonds is 2. The maximum absolute atomic E-state index is 12.9. The fraction of sp³-hybridized carbons (Fsp3) is 0.625. The molecule has 1 saturated heterocycles. The Morgan fingerprint density at radius 3 is 2.45 bits per heavy atom. The Bertz CT molecular complexity index is 432. The number of halogens is 2. The van der Waals surface area contributed by atoms with Gasteiger partial charge >= 0.3 is 0 Å². The molecule has 2 nitrogen and oxygen atoms in total. The molecule has 0 aliphatic carbocycles. The van der Waals surface area contributed by atoms with Crippen LogP contribution in [0.25, 0.3) is 0 Å². The molecule has 0 saturated carbocycles. The van der Waals surface area contributed by atoms with Gasteiger partial charge in [0.15, 0.2) is 0 Å². The highest BCUT2D eigenvalue weighted by Crippen LogP contribution is 2.29. The summed E-state index contributed by atoms with van der Waals surface area (Å²) in [6.45, 7) is 11.8. The van der Waals surface area contributed by atoms with Gasteiger partial charge in [0.2, 0.25) is 0 Å². The predicted octanol–water partition coefficient (Wildman–Crippen LogP) is 4.57. The van der Waals surface area contributed by atoms with Crippen LogP contribution in [-0.2, 0) is 4.74 Å². The molecule has 1 aromatic rings. The summed E-state index contributed by atoms with van der Waals surface area (Å²) >= 11 is 0. The number of hydrogen-bond donors (Lipinski definition) is 0. The number of benzene rings is 1. The minimum atomic E-state index is -2.42. The molecular formula is C16H25F2NO. The lowest BCUT2D eigenvalue weighted by Gasteiger charge is -2.39. The van der Waals surface area contributed by atoms with Gasteiger partial charge in [-0.05, 0) is 38.5 Å². The van der Waals surface area contributed by atoms with Crippen molar-refractivity contribution >= 4 is 5.69 Å². The summed E-state index contributed by atoms with van der Waals surface area (Å²) in [4.78, 5) is 2.11. The average molecular weight is 285 g/mol. The zero-order valence-electron chi connectivity index (χ0n) is 13.0. The Labute approximate surface area is 120 Å². The van der Waals surface area contributed by atoms with Crippen molar-refractivity contribution in [2.75, 3.05) is 24.6 Å².